The van der Waals surface area contributed by atoms with Crippen molar-refractivity contribution >= 4 is 17.0 Å². The van der Waals surface area contributed by atoms with E-state index in [0.29, 0.717) is 16.7 Å². The molecule has 0 saturated carbocycles. The van der Waals surface area contributed by atoms with E-state index in [1.54, 1.807) is 23.1 Å². The van der Waals surface area contributed by atoms with Crippen molar-refractivity contribution in [1.82, 2.24) is 9.88 Å². The molecular weight excluding hydrogens is 246 g/mol. The summed E-state index contributed by atoms with van der Waals surface area (Å²) in [7, 11) is 0. The van der Waals surface area contributed by atoms with E-state index >= 15 is 0 Å². The standard InChI is InChI=1S/C13H15N3O3/c14-11(12(17)16-5-1-2-6-16)8-3-4-9-10(7-8)19-13(18)15-9/h3-4,7,11H,1-2,5-6,14H2,(H,15,18). The van der Waals surface area contributed by atoms with Gasteiger partial charge in [-0.1, -0.05) is 6.07 Å². The number of nitrogens with one attached hydrogen (secondary N) is 1. The highest BCUT2D eigenvalue weighted by Gasteiger charge is 2.25. The summed E-state index contributed by atoms with van der Waals surface area (Å²) in [6, 6.07) is 4.38. The van der Waals surface area contributed by atoms with Crippen molar-refractivity contribution in [2.24, 2.45) is 5.73 Å². The first-order chi connectivity index (χ1) is 9.15. The molecule has 1 aliphatic heterocycles. The maximum Gasteiger partial charge on any atom is 0.417 e. The molecule has 0 spiro atoms. The summed E-state index contributed by atoms with van der Waals surface area (Å²) in [5, 5.41) is 0. The van der Waals surface area contributed by atoms with Crippen LogP contribution in [0.3, 0.4) is 0 Å². The Morgan fingerprint density at radius 1 is 1.37 bits per heavy atom. The minimum Gasteiger partial charge on any atom is -0.408 e. The number of rotatable bonds is 2. The number of H-pyrrole nitrogens is 1. The Morgan fingerprint density at radius 2 is 2.11 bits per heavy atom. The van der Waals surface area contributed by atoms with Gasteiger partial charge in [0.15, 0.2) is 5.58 Å². The van der Waals surface area contributed by atoms with E-state index in [1.165, 1.54) is 0 Å². The SMILES string of the molecule is NC(C(=O)N1CCCC1)c1ccc2[nH]c(=O)oc2c1. The van der Waals surface area contributed by atoms with Gasteiger partial charge in [0, 0.05) is 13.1 Å². The summed E-state index contributed by atoms with van der Waals surface area (Å²) < 4.78 is 4.97. The Morgan fingerprint density at radius 3 is 2.84 bits per heavy atom. The maximum atomic E-state index is 12.2. The van der Waals surface area contributed by atoms with E-state index in [9.17, 15) is 9.59 Å². The van der Waals surface area contributed by atoms with Gasteiger partial charge in [-0.3, -0.25) is 9.78 Å². The summed E-state index contributed by atoms with van der Waals surface area (Å²) in [6.45, 7) is 1.54. The van der Waals surface area contributed by atoms with Gasteiger partial charge in [-0.05, 0) is 30.5 Å². The van der Waals surface area contributed by atoms with Crippen molar-refractivity contribution in [3.05, 3.63) is 34.3 Å². The highest BCUT2D eigenvalue weighted by atomic mass is 16.4. The highest BCUT2D eigenvalue weighted by Crippen LogP contribution is 2.20. The summed E-state index contributed by atoms with van der Waals surface area (Å²) in [4.78, 5) is 27.6. The minimum absolute atomic E-state index is 0.0743. The highest BCUT2D eigenvalue weighted by molar-refractivity contribution is 5.85. The predicted molar refractivity (Wildman–Crippen MR) is 69.6 cm³/mol. The van der Waals surface area contributed by atoms with Gasteiger partial charge < -0.3 is 15.1 Å². The molecule has 6 heteroatoms. The third kappa shape index (κ3) is 2.15. The van der Waals surface area contributed by atoms with Crippen LogP contribution < -0.4 is 11.5 Å². The number of oxazole rings is 1. The molecule has 1 aromatic heterocycles. The van der Waals surface area contributed by atoms with E-state index < -0.39 is 11.8 Å². The van der Waals surface area contributed by atoms with Crippen LogP contribution >= 0.6 is 0 Å². The molecule has 1 unspecified atom stereocenters. The lowest BCUT2D eigenvalue weighted by molar-refractivity contribution is -0.131. The normalized spacial score (nSPS) is 17.0. The molecule has 1 fully saturated rings. The molecule has 0 aliphatic carbocycles. The van der Waals surface area contributed by atoms with E-state index in [1.807, 2.05) is 0 Å². The first kappa shape index (κ1) is 12.0. The van der Waals surface area contributed by atoms with Gasteiger partial charge in [0.2, 0.25) is 5.91 Å². The van der Waals surface area contributed by atoms with Crippen molar-refractivity contribution in [2.45, 2.75) is 18.9 Å². The number of aromatic amines is 1. The molecule has 3 rings (SSSR count). The third-order valence-corrected chi connectivity index (χ3v) is 3.49. The van der Waals surface area contributed by atoms with Crippen molar-refractivity contribution in [2.75, 3.05) is 13.1 Å². The lowest BCUT2D eigenvalue weighted by Gasteiger charge is -2.20. The number of nitrogens with zero attached hydrogens (tertiary/aromatic N) is 1. The molecule has 2 aromatic rings. The summed E-state index contributed by atoms with van der Waals surface area (Å²) in [5.74, 6) is -0.582. The molecule has 100 valence electrons. The van der Waals surface area contributed by atoms with Crippen LogP contribution in [0.15, 0.2) is 27.4 Å². The zero-order valence-electron chi connectivity index (χ0n) is 10.4. The molecule has 3 N–H and O–H groups in total. The zero-order chi connectivity index (χ0) is 13.4. The molecule has 1 amide bonds. The summed E-state index contributed by atoms with van der Waals surface area (Å²) in [5.41, 5.74) is 7.68. The van der Waals surface area contributed by atoms with Crippen LogP contribution in [0.5, 0.6) is 0 Å². The second kappa shape index (κ2) is 4.55. The van der Waals surface area contributed by atoms with E-state index in [0.717, 1.165) is 25.9 Å². The fourth-order valence-corrected chi connectivity index (χ4v) is 2.43. The van der Waals surface area contributed by atoms with Crippen LogP contribution in [0.25, 0.3) is 11.1 Å². The van der Waals surface area contributed by atoms with Gasteiger partial charge in [0.05, 0.1) is 5.52 Å². The molecule has 1 atom stereocenters. The fraction of sp³-hybridized carbons (Fsp3) is 0.385. The van der Waals surface area contributed by atoms with Gasteiger partial charge in [-0.2, -0.15) is 0 Å². The van der Waals surface area contributed by atoms with Crippen molar-refractivity contribution < 1.29 is 9.21 Å². The maximum absolute atomic E-state index is 12.2. The molecule has 2 heterocycles. The average molecular weight is 261 g/mol. The number of benzene rings is 1. The number of fused-ring (bicyclic) bond motifs is 1. The first-order valence-corrected chi connectivity index (χ1v) is 6.32. The van der Waals surface area contributed by atoms with E-state index in [2.05, 4.69) is 4.98 Å². The topological polar surface area (TPSA) is 92.3 Å². The van der Waals surface area contributed by atoms with E-state index in [-0.39, 0.29) is 5.91 Å². The molecule has 1 saturated heterocycles. The van der Waals surface area contributed by atoms with Gasteiger partial charge in [0.1, 0.15) is 6.04 Å². The predicted octanol–water partition coefficient (Wildman–Crippen LogP) is 0.743. The van der Waals surface area contributed by atoms with Gasteiger partial charge in [0.25, 0.3) is 0 Å². The van der Waals surface area contributed by atoms with Crippen molar-refractivity contribution in [3.8, 4) is 0 Å². The Hall–Kier alpha value is -2.08. The van der Waals surface area contributed by atoms with E-state index in [4.69, 9.17) is 10.2 Å². The smallest absolute Gasteiger partial charge is 0.408 e. The Labute approximate surface area is 109 Å². The lowest BCUT2D eigenvalue weighted by Crippen LogP contribution is -2.36. The van der Waals surface area contributed by atoms with Crippen LogP contribution in [0.2, 0.25) is 0 Å². The van der Waals surface area contributed by atoms with Crippen LogP contribution in [0.4, 0.5) is 0 Å². The summed E-state index contributed by atoms with van der Waals surface area (Å²) >= 11 is 0. The molecule has 19 heavy (non-hydrogen) atoms. The third-order valence-electron chi connectivity index (χ3n) is 3.49. The molecule has 1 aliphatic rings. The minimum atomic E-state index is -0.706. The number of nitrogens with two attached hydrogens (primary N) is 1. The van der Waals surface area contributed by atoms with Crippen molar-refractivity contribution in [3.63, 3.8) is 0 Å². The average Bonchev–Trinajstić information content (AvgIpc) is 3.03. The van der Waals surface area contributed by atoms with Crippen LogP contribution in [-0.2, 0) is 4.79 Å². The number of carbonyl (C=O) groups excluding carboxylic acids is 1. The molecule has 6 nitrogen and oxygen atoms in total. The number of likely N-dealkylation sites (tertiary alicyclic amines) is 1. The van der Waals surface area contributed by atoms with Crippen molar-refractivity contribution in [1.29, 1.82) is 0 Å². The number of amides is 1. The quantitative estimate of drug-likeness (QED) is 0.834. The number of carbonyl (C=O) groups is 1. The van der Waals surface area contributed by atoms with Gasteiger partial charge in [-0.25, -0.2) is 4.79 Å². The molecule has 0 radical (unpaired) electrons. The Kier molecular flexibility index (Phi) is 2.87. The first-order valence-electron chi connectivity index (χ1n) is 6.32. The number of hydrogen-bond donors (Lipinski definition) is 2. The van der Waals surface area contributed by atoms with Crippen LogP contribution in [0.1, 0.15) is 24.4 Å². The zero-order valence-corrected chi connectivity index (χ0v) is 10.4. The van der Waals surface area contributed by atoms with Crippen LogP contribution in [0, 0.1) is 0 Å². The second-order valence-corrected chi connectivity index (χ2v) is 4.78. The molecule has 0 bridgehead atoms. The Bertz CT molecular complexity index is 667. The molecular formula is C13H15N3O3. The number of hydrogen-bond acceptors (Lipinski definition) is 4. The second-order valence-electron chi connectivity index (χ2n) is 4.78. The summed E-state index contributed by atoms with van der Waals surface area (Å²) in [6.07, 6.45) is 2.06. The largest absolute Gasteiger partial charge is 0.417 e. The fourth-order valence-electron chi connectivity index (χ4n) is 2.43. The molecule has 1 aromatic carbocycles. The Balaban J connectivity index is 1.89. The van der Waals surface area contributed by atoms with Gasteiger partial charge in [-0.15, -0.1) is 0 Å². The number of aromatic nitrogens is 1. The van der Waals surface area contributed by atoms with Gasteiger partial charge >= 0.3 is 5.76 Å². The van der Waals surface area contributed by atoms with Crippen LogP contribution in [-0.4, -0.2) is 28.9 Å². The lowest BCUT2D eigenvalue weighted by atomic mass is 10.1. The monoisotopic (exact) mass is 261 g/mol.